The molecule has 0 aromatic heterocycles. The second kappa shape index (κ2) is 21.5. The van der Waals surface area contributed by atoms with Gasteiger partial charge >= 0.3 is 0 Å². The molecule has 166 valence electrons. The molecule has 0 heterocycles. The van der Waals surface area contributed by atoms with Crippen molar-refractivity contribution in [1.29, 1.82) is 0 Å². The van der Waals surface area contributed by atoms with E-state index in [0.717, 1.165) is 18.8 Å². The van der Waals surface area contributed by atoms with Crippen LogP contribution in [-0.4, -0.2) is 5.12 Å². The maximum absolute atomic E-state index is 11.7. The zero-order valence-corrected chi connectivity index (χ0v) is 20.3. The third-order valence-electron chi connectivity index (χ3n) is 5.75. The van der Waals surface area contributed by atoms with E-state index in [1.807, 2.05) is 0 Å². The molecule has 0 aliphatic heterocycles. The summed E-state index contributed by atoms with van der Waals surface area (Å²) in [6, 6.07) is 0. The maximum atomic E-state index is 11.7. The monoisotopic (exact) mass is 410 g/mol. The number of hydrogen-bond acceptors (Lipinski definition) is 1. The maximum Gasteiger partial charge on any atom is 0.188 e. The first-order valence-electron chi connectivity index (χ1n) is 12.5. The topological polar surface area (TPSA) is 17.1 Å². The minimum absolute atomic E-state index is 0.112. The number of allylic oxidation sites excluding steroid dienone is 2. The second-order valence-electron chi connectivity index (χ2n) is 9.09. The Morgan fingerprint density at radius 3 is 1.61 bits per heavy atom. The summed E-state index contributed by atoms with van der Waals surface area (Å²) in [7, 11) is 0. The second-order valence-corrected chi connectivity index (χ2v) is 9.53. The van der Waals surface area contributed by atoms with Gasteiger partial charge in [-0.1, -0.05) is 110 Å². The zero-order chi connectivity index (χ0) is 20.9. The normalized spacial score (nSPS) is 12.9. The van der Waals surface area contributed by atoms with Gasteiger partial charge in [-0.05, 0) is 44.4 Å². The van der Waals surface area contributed by atoms with Crippen molar-refractivity contribution in [1.82, 2.24) is 0 Å². The van der Waals surface area contributed by atoms with Crippen LogP contribution in [0, 0.1) is 11.8 Å². The lowest BCUT2D eigenvalue weighted by molar-refractivity contribution is -0.114. The Kier molecular flexibility index (Phi) is 21.3. The first-order chi connectivity index (χ1) is 13.6. The number of carbonyl (C=O) groups is 1. The van der Waals surface area contributed by atoms with Crippen LogP contribution in [0.5, 0.6) is 0 Å². The lowest BCUT2D eigenvalue weighted by Gasteiger charge is -2.13. The predicted octanol–water partition coefficient (Wildman–Crippen LogP) is 9.31. The summed E-state index contributed by atoms with van der Waals surface area (Å²) in [5.41, 5.74) is 0. The summed E-state index contributed by atoms with van der Waals surface area (Å²) in [6.07, 6.45) is 27.7. The van der Waals surface area contributed by atoms with E-state index in [1.165, 1.54) is 103 Å². The molecule has 0 aliphatic carbocycles. The molecule has 1 nitrogen and oxygen atoms in total. The van der Waals surface area contributed by atoms with Gasteiger partial charge in [-0.25, -0.2) is 0 Å². The fourth-order valence-corrected chi connectivity index (χ4v) is 4.05. The van der Waals surface area contributed by atoms with Crippen molar-refractivity contribution >= 4 is 17.7 Å². The van der Waals surface area contributed by atoms with Gasteiger partial charge in [0.25, 0.3) is 0 Å². The molecule has 1 atom stereocenters. The quantitative estimate of drug-likeness (QED) is 0.113. The summed E-state index contributed by atoms with van der Waals surface area (Å²) in [5.74, 6) is 0.993. The summed E-state index contributed by atoms with van der Waals surface area (Å²) in [6.45, 7) is 6.84. The molecule has 0 saturated carbocycles. The lowest BCUT2D eigenvalue weighted by atomic mass is 9.94. The summed E-state index contributed by atoms with van der Waals surface area (Å²) < 4.78 is 0. The largest absolute Gasteiger partial charge is 0.287 e. The van der Waals surface area contributed by atoms with Crippen LogP contribution in [0.4, 0.5) is 0 Å². The standard InChI is InChI=1S/C26H50OS/c1-4-5-6-7-8-9-10-11-12-13-14-15-16-19-22-25(26(27)28)23-20-17-18-21-24(2)3/h11-12,24-25H,4-10,13-23H2,1-3H3,(H,27,28)/b12-11-. The number of carbonyl (C=O) groups excluding carboxylic acids is 1. The molecule has 0 rings (SSSR count). The van der Waals surface area contributed by atoms with Gasteiger partial charge in [-0.2, -0.15) is 0 Å². The van der Waals surface area contributed by atoms with Crippen molar-refractivity contribution in [3.05, 3.63) is 12.2 Å². The lowest BCUT2D eigenvalue weighted by Crippen LogP contribution is -2.09. The molecule has 0 saturated heterocycles. The van der Waals surface area contributed by atoms with Gasteiger partial charge in [0, 0.05) is 5.92 Å². The summed E-state index contributed by atoms with van der Waals surface area (Å²) in [5, 5.41) is 0.112. The highest BCUT2D eigenvalue weighted by molar-refractivity contribution is 7.96. The van der Waals surface area contributed by atoms with Crippen molar-refractivity contribution < 1.29 is 4.79 Å². The van der Waals surface area contributed by atoms with E-state index >= 15 is 0 Å². The SMILES string of the molecule is CCCCCCCC/C=C\CCCCCCC(CCCCCC(C)C)C(=O)S. The van der Waals surface area contributed by atoms with Gasteiger partial charge in [-0.3, -0.25) is 4.79 Å². The summed E-state index contributed by atoms with van der Waals surface area (Å²) in [4.78, 5) is 11.7. The molecular formula is C26H50OS. The average Bonchev–Trinajstić information content (AvgIpc) is 2.65. The average molecular weight is 411 g/mol. The van der Waals surface area contributed by atoms with E-state index in [-0.39, 0.29) is 11.0 Å². The van der Waals surface area contributed by atoms with Crippen molar-refractivity contribution in [3.8, 4) is 0 Å². The summed E-state index contributed by atoms with van der Waals surface area (Å²) >= 11 is 4.13. The molecule has 1 unspecified atom stereocenters. The van der Waals surface area contributed by atoms with Gasteiger partial charge in [0.05, 0.1) is 0 Å². The van der Waals surface area contributed by atoms with E-state index in [9.17, 15) is 4.79 Å². The molecule has 0 aromatic carbocycles. The van der Waals surface area contributed by atoms with Gasteiger partial charge in [0.2, 0.25) is 0 Å². The third-order valence-corrected chi connectivity index (χ3v) is 6.11. The van der Waals surface area contributed by atoms with Crippen molar-refractivity contribution in [2.75, 3.05) is 0 Å². The fraction of sp³-hybridized carbons (Fsp3) is 0.885. The molecule has 2 heteroatoms. The van der Waals surface area contributed by atoms with Crippen LogP contribution < -0.4 is 0 Å². The molecular weight excluding hydrogens is 360 g/mol. The van der Waals surface area contributed by atoms with Crippen LogP contribution in [0.3, 0.4) is 0 Å². The van der Waals surface area contributed by atoms with Gasteiger partial charge in [0.1, 0.15) is 0 Å². The van der Waals surface area contributed by atoms with E-state index in [2.05, 4.69) is 45.6 Å². The molecule has 0 spiro atoms. The highest BCUT2D eigenvalue weighted by Gasteiger charge is 2.14. The molecule has 0 amide bonds. The minimum atomic E-state index is 0.112. The molecule has 0 aromatic rings. The first kappa shape index (κ1) is 27.8. The Morgan fingerprint density at radius 2 is 1.11 bits per heavy atom. The molecule has 0 radical (unpaired) electrons. The van der Waals surface area contributed by atoms with Crippen LogP contribution in [0.15, 0.2) is 12.2 Å². The van der Waals surface area contributed by atoms with Crippen molar-refractivity contribution in [3.63, 3.8) is 0 Å². The van der Waals surface area contributed by atoms with E-state index in [4.69, 9.17) is 0 Å². The van der Waals surface area contributed by atoms with Crippen LogP contribution in [0.25, 0.3) is 0 Å². The molecule has 0 N–H and O–H groups in total. The van der Waals surface area contributed by atoms with Crippen LogP contribution >= 0.6 is 12.6 Å². The zero-order valence-electron chi connectivity index (χ0n) is 19.4. The highest BCUT2D eigenvalue weighted by atomic mass is 32.1. The first-order valence-corrected chi connectivity index (χ1v) is 12.9. The Labute approximate surface area is 182 Å². The number of thiol groups is 1. The van der Waals surface area contributed by atoms with Crippen LogP contribution in [0.1, 0.15) is 136 Å². The van der Waals surface area contributed by atoms with E-state index < -0.39 is 0 Å². The Morgan fingerprint density at radius 1 is 0.679 bits per heavy atom. The fourth-order valence-electron chi connectivity index (χ4n) is 3.80. The Bertz CT molecular complexity index is 361. The Hall–Kier alpha value is -0.240. The number of hydrogen-bond donors (Lipinski definition) is 1. The smallest absolute Gasteiger partial charge is 0.188 e. The molecule has 0 bridgehead atoms. The van der Waals surface area contributed by atoms with Gasteiger partial charge in [-0.15, -0.1) is 12.6 Å². The third kappa shape index (κ3) is 20.5. The van der Waals surface area contributed by atoms with Crippen LogP contribution in [0.2, 0.25) is 0 Å². The van der Waals surface area contributed by atoms with Crippen molar-refractivity contribution in [2.24, 2.45) is 11.8 Å². The Balaban J connectivity index is 3.50. The van der Waals surface area contributed by atoms with Gasteiger partial charge in [0.15, 0.2) is 5.12 Å². The number of unbranched alkanes of at least 4 members (excludes halogenated alkanes) is 12. The van der Waals surface area contributed by atoms with Crippen LogP contribution in [-0.2, 0) is 4.79 Å². The molecule has 28 heavy (non-hydrogen) atoms. The van der Waals surface area contributed by atoms with Gasteiger partial charge < -0.3 is 0 Å². The van der Waals surface area contributed by atoms with E-state index in [1.54, 1.807) is 0 Å². The van der Waals surface area contributed by atoms with Crippen molar-refractivity contribution in [2.45, 2.75) is 136 Å². The molecule has 0 aliphatic rings. The minimum Gasteiger partial charge on any atom is -0.287 e. The molecule has 0 fully saturated rings. The highest BCUT2D eigenvalue weighted by Crippen LogP contribution is 2.21. The predicted molar refractivity (Wildman–Crippen MR) is 130 cm³/mol. The van der Waals surface area contributed by atoms with E-state index in [0.29, 0.717) is 0 Å². The number of rotatable bonds is 21.